The van der Waals surface area contributed by atoms with Crippen LogP contribution in [0.25, 0.3) is 10.8 Å². The van der Waals surface area contributed by atoms with Gasteiger partial charge in [0.05, 0.1) is 19.9 Å². The maximum atomic E-state index is 12.8. The lowest BCUT2D eigenvalue weighted by molar-refractivity contribution is -0.123. The second-order valence-corrected chi connectivity index (χ2v) is 7.79. The van der Waals surface area contributed by atoms with Crippen LogP contribution < -0.4 is 20.2 Å². The molecule has 1 atom stereocenters. The molecule has 0 radical (unpaired) electrons. The first kappa shape index (κ1) is 23.8. The minimum atomic E-state index is -0.754. The van der Waals surface area contributed by atoms with E-state index in [0.717, 1.165) is 16.3 Å². The average molecular weight is 448 g/mol. The molecule has 7 nitrogen and oxygen atoms in total. The van der Waals surface area contributed by atoms with Gasteiger partial charge in [0.25, 0.3) is 11.8 Å². The van der Waals surface area contributed by atoms with Crippen LogP contribution in [-0.4, -0.2) is 37.8 Å². The standard InChI is InChI=1S/C26H29N3O4/c1-5-33-23-15-12-18-8-6-7-9-21(18)22(23)16-27-29-26(31)24(17(2)3)28-25(30)19-10-13-20(32-4)14-11-19/h6-17,24H,5H2,1-4H3,(H,28,30)(H,29,31). The average Bonchev–Trinajstić information content (AvgIpc) is 2.83. The molecule has 3 rings (SSSR count). The molecule has 0 bridgehead atoms. The van der Waals surface area contributed by atoms with Crippen LogP contribution in [-0.2, 0) is 4.79 Å². The third-order valence-corrected chi connectivity index (χ3v) is 5.19. The highest BCUT2D eigenvalue weighted by Crippen LogP contribution is 2.26. The highest BCUT2D eigenvalue weighted by Gasteiger charge is 2.24. The number of amides is 2. The number of hydrogen-bond acceptors (Lipinski definition) is 5. The van der Waals surface area contributed by atoms with E-state index in [1.54, 1.807) is 37.6 Å². The largest absolute Gasteiger partial charge is 0.497 e. The normalized spacial score (nSPS) is 12.0. The number of ether oxygens (including phenoxy) is 2. The zero-order chi connectivity index (χ0) is 23.8. The molecule has 2 N–H and O–H groups in total. The van der Waals surface area contributed by atoms with E-state index in [0.29, 0.717) is 23.7 Å². The minimum absolute atomic E-state index is 0.140. The molecule has 7 heteroatoms. The van der Waals surface area contributed by atoms with Crippen LogP contribution in [0.3, 0.4) is 0 Å². The van der Waals surface area contributed by atoms with Gasteiger partial charge in [0.15, 0.2) is 0 Å². The molecular weight excluding hydrogens is 418 g/mol. The van der Waals surface area contributed by atoms with Gasteiger partial charge in [-0.3, -0.25) is 9.59 Å². The van der Waals surface area contributed by atoms with Crippen LogP contribution in [0.15, 0.2) is 65.8 Å². The molecule has 3 aromatic rings. The van der Waals surface area contributed by atoms with E-state index in [1.807, 2.05) is 57.2 Å². The van der Waals surface area contributed by atoms with Crippen molar-refractivity contribution in [1.29, 1.82) is 0 Å². The molecule has 0 aromatic heterocycles. The van der Waals surface area contributed by atoms with Crippen LogP contribution >= 0.6 is 0 Å². The molecule has 172 valence electrons. The molecule has 0 aliphatic heterocycles. The topological polar surface area (TPSA) is 89.0 Å². The van der Waals surface area contributed by atoms with Gasteiger partial charge in [0.1, 0.15) is 17.5 Å². The van der Waals surface area contributed by atoms with E-state index in [-0.39, 0.29) is 11.8 Å². The van der Waals surface area contributed by atoms with Gasteiger partial charge < -0.3 is 14.8 Å². The van der Waals surface area contributed by atoms with Crippen LogP contribution in [0.4, 0.5) is 0 Å². The predicted octanol–water partition coefficient (Wildman–Crippen LogP) is 4.15. The van der Waals surface area contributed by atoms with Crippen LogP contribution in [0, 0.1) is 5.92 Å². The highest BCUT2D eigenvalue weighted by molar-refractivity contribution is 6.03. The summed E-state index contributed by atoms with van der Waals surface area (Å²) in [5.41, 5.74) is 3.78. The van der Waals surface area contributed by atoms with Gasteiger partial charge in [-0.2, -0.15) is 5.10 Å². The number of benzene rings is 3. The molecule has 0 spiro atoms. The summed E-state index contributed by atoms with van der Waals surface area (Å²) in [7, 11) is 1.56. The molecule has 0 aliphatic rings. The zero-order valence-corrected chi connectivity index (χ0v) is 19.3. The fourth-order valence-electron chi connectivity index (χ4n) is 3.42. The van der Waals surface area contributed by atoms with Gasteiger partial charge in [-0.1, -0.05) is 44.2 Å². The maximum Gasteiger partial charge on any atom is 0.262 e. The van der Waals surface area contributed by atoms with Crippen molar-refractivity contribution in [2.24, 2.45) is 11.0 Å². The minimum Gasteiger partial charge on any atom is -0.497 e. The Labute approximate surface area is 193 Å². The van der Waals surface area contributed by atoms with Crippen molar-refractivity contribution in [3.63, 3.8) is 0 Å². The van der Waals surface area contributed by atoms with Crippen LogP contribution in [0.1, 0.15) is 36.7 Å². The SMILES string of the molecule is CCOc1ccc2ccccc2c1C=NNC(=O)C(NC(=O)c1ccc(OC)cc1)C(C)C. The first-order valence-corrected chi connectivity index (χ1v) is 10.9. The van der Waals surface area contributed by atoms with E-state index in [4.69, 9.17) is 9.47 Å². The quantitative estimate of drug-likeness (QED) is 0.381. The number of hydrogen-bond donors (Lipinski definition) is 2. The Morgan fingerprint density at radius 2 is 1.76 bits per heavy atom. The molecule has 33 heavy (non-hydrogen) atoms. The summed E-state index contributed by atoms with van der Waals surface area (Å²) in [5.74, 6) is 0.449. The van der Waals surface area contributed by atoms with Crippen molar-refractivity contribution in [2.75, 3.05) is 13.7 Å². The molecular formula is C26H29N3O4. The van der Waals surface area contributed by atoms with E-state index in [2.05, 4.69) is 15.8 Å². The Bertz CT molecular complexity index is 1140. The highest BCUT2D eigenvalue weighted by atomic mass is 16.5. The van der Waals surface area contributed by atoms with Crippen LogP contribution in [0.5, 0.6) is 11.5 Å². The summed E-state index contributed by atoms with van der Waals surface area (Å²) in [6.07, 6.45) is 1.58. The Hall–Kier alpha value is -3.87. The van der Waals surface area contributed by atoms with Crippen molar-refractivity contribution >= 4 is 28.8 Å². The van der Waals surface area contributed by atoms with Crippen molar-refractivity contribution in [3.05, 3.63) is 71.8 Å². The molecule has 0 heterocycles. The smallest absolute Gasteiger partial charge is 0.262 e. The summed E-state index contributed by atoms with van der Waals surface area (Å²) in [4.78, 5) is 25.5. The number of nitrogens with zero attached hydrogens (tertiary/aromatic N) is 1. The summed E-state index contributed by atoms with van der Waals surface area (Å²) < 4.78 is 10.9. The molecule has 0 saturated heterocycles. The number of nitrogens with one attached hydrogen (secondary N) is 2. The van der Waals surface area contributed by atoms with E-state index in [9.17, 15) is 9.59 Å². The number of carbonyl (C=O) groups is 2. The van der Waals surface area contributed by atoms with E-state index in [1.165, 1.54) is 0 Å². The van der Waals surface area contributed by atoms with Crippen molar-refractivity contribution in [2.45, 2.75) is 26.8 Å². The van der Waals surface area contributed by atoms with Gasteiger partial charge in [-0.05, 0) is 53.9 Å². The Balaban J connectivity index is 1.74. The van der Waals surface area contributed by atoms with Gasteiger partial charge in [-0.15, -0.1) is 0 Å². The molecule has 0 fully saturated rings. The van der Waals surface area contributed by atoms with Gasteiger partial charge >= 0.3 is 0 Å². The summed E-state index contributed by atoms with van der Waals surface area (Å²) in [6, 6.07) is 17.7. The first-order chi connectivity index (χ1) is 15.9. The Morgan fingerprint density at radius 1 is 1.03 bits per heavy atom. The lowest BCUT2D eigenvalue weighted by Gasteiger charge is -2.20. The third-order valence-electron chi connectivity index (χ3n) is 5.19. The van der Waals surface area contributed by atoms with Crippen molar-refractivity contribution < 1.29 is 19.1 Å². The van der Waals surface area contributed by atoms with E-state index < -0.39 is 11.9 Å². The molecule has 2 amide bonds. The van der Waals surface area contributed by atoms with Crippen LogP contribution in [0.2, 0.25) is 0 Å². The fourth-order valence-corrected chi connectivity index (χ4v) is 3.42. The number of carbonyl (C=O) groups excluding carboxylic acids is 2. The van der Waals surface area contributed by atoms with E-state index >= 15 is 0 Å². The second kappa shape index (κ2) is 11.1. The Morgan fingerprint density at radius 3 is 2.42 bits per heavy atom. The van der Waals surface area contributed by atoms with Gasteiger partial charge in [-0.25, -0.2) is 5.43 Å². The molecule has 3 aromatic carbocycles. The number of methoxy groups -OCH3 is 1. The number of hydrazone groups is 1. The summed E-state index contributed by atoms with van der Waals surface area (Å²) in [5, 5.41) is 8.97. The predicted molar refractivity (Wildman–Crippen MR) is 130 cm³/mol. The lowest BCUT2D eigenvalue weighted by Crippen LogP contribution is -2.48. The fraction of sp³-hybridized carbons (Fsp3) is 0.269. The lowest BCUT2D eigenvalue weighted by atomic mass is 10.0. The molecule has 0 aliphatic carbocycles. The van der Waals surface area contributed by atoms with Crippen molar-refractivity contribution in [3.8, 4) is 11.5 Å². The third kappa shape index (κ3) is 5.88. The zero-order valence-electron chi connectivity index (χ0n) is 19.3. The Kier molecular flexibility index (Phi) is 8.02. The van der Waals surface area contributed by atoms with Gasteiger partial charge in [0.2, 0.25) is 0 Å². The van der Waals surface area contributed by atoms with Crippen molar-refractivity contribution in [1.82, 2.24) is 10.7 Å². The molecule has 0 saturated carbocycles. The number of fused-ring (bicyclic) bond motifs is 1. The monoisotopic (exact) mass is 447 g/mol. The van der Waals surface area contributed by atoms with Gasteiger partial charge in [0, 0.05) is 11.1 Å². The maximum absolute atomic E-state index is 12.8. The summed E-state index contributed by atoms with van der Waals surface area (Å²) in [6.45, 7) is 6.15. The second-order valence-electron chi connectivity index (χ2n) is 7.79. The first-order valence-electron chi connectivity index (χ1n) is 10.9. The summed E-state index contributed by atoms with van der Waals surface area (Å²) >= 11 is 0. The number of rotatable bonds is 9. The molecule has 1 unspecified atom stereocenters.